The van der Waals surface area contributed by atoms with Crippen LogP contribution in [0.25, 0.3) is 10.7 Å². The minimum atomic E-state index is 0.487. The number of nitrogens with zero attached hydrogens (tertiary/aromatic N) is 2. The summed E-state index contributed by atoms with van der Waals surface area (Å²) in [6.07, 6.45) is 4.22. The molecule has 20 heavy (non-hydrogen) atoms. The van der Waals surface area contributed by atoms with Crippen LogP contribution in [-0.2, 0) is 6.54 Å². The molecule has 0 unspecified atom stereocenters. The van der Waals surface area contributed by atoms with Crippen molar-refractivity contribution in [3.63, 3.8) is 0 Å². The Morgan fingerprint density at radius 1 is 1.40 bits per heavy atom. The first kappa shape index (κ1) is 14.0. The molecule has 1 saturated carbocycles. The largest absolute Gasteiger partial charge is 0.310 e. The molecule has 1 fully saturated rings. The number of rotatable bonds is 5. The monoisotopic (exact) mass is 307 g/mol. The first-order valence-corrected chi connectivity index (χ1v) is 8.18. The Labute approximate surface area is 128 Å². The maximum atomic E-state index is 5.89. The van der Waals surface area contributed by atoms with Crippen molar-refractivity contribution in [2.24, 2.45) is 0 Å². The summed E-state index contributed by atoms with van der Waals surface area (Å²) in [5, 5.41) is 5.15. The highest BCUT2D eigenvalue weighted by Crippen LogP contribution is 2.44. The molecule has 3 rings (SSSR count). The summed E-state index contributed by atoms with van der Waals surface area (Å²) in [6, 6.07) is 4.30. The van der Waals surface area contributed by atoms with Gasteiger partial charge in [0.05, 0.1) is 16.4 Å². The maximum absolute atomic E-state index is 5.89. The molecule has 0 saturated heterocycles. The molecular formula is C15H18ClN3S. The van der Waals surface area contributed by atoms with E-state index >= 15 is 0 Å². The summed E-state index contributed by atoms with van der Waals surface area (Å²) in [6.45, 7) is 5.23. The Balaban J connectivity index is 1.88. The highest BCUT2D eigenvalue weighted by molar-refractivity contribution is 7.15. The van der Waals surface area contributed by atoms with Gasteiger partial charge in [-0.15, -0.1) is 11.3 Å². The lowest BCUT2D eigenvalue weighted by Gasteiger charge is -2.06. The van der Waals surface area contributed by atoms with Crippen LogP contribution in [0.4, 0.5) is 0 Å². The normalized spacial score (nSPS) is 15.0. The van der Waals surface area contributed by atoms with Crippen LogP contribution in [0, 0.1) is 0 Å². The van der Waals surface area contributed by atoms with E-state index in [0.717, 1.165) is 17.2 Å². The molecular weight excluding hydrogens is 290 g/mol. The van der Waals surface area contributed by atoms with E-state index in [1.54, 1.807) is 17.5 Å². The summed E-state index contributed by atoms with van der Waals surface area (Å²) < 4.78 is 0. The molecule has 0 atom stereocenters. The van der Waals surface area contributed by atoms with Crippen molar-refractivity contribution in [3.05, 3.63) is 33.9 Å². The lowest BCUT2D eigenvalue weighted by molar-refractivity contribution is 0.590. The third kappa shape index (κ3) is 3.19. The van der Waals surface area contributed by atoms with Gasteiger partial charge in [0.15, 0.2) is 0 Å². The van der Waals surface area contributed by atoms with E-state index in [9.17, 15) is 0 Å². The summed E-state index contributed by atoms with van der Waals surface area (Å²) in [5.74, 6) is 0.663. The predicted octanol–water partition coefficient (Wildman–Crippen LogP) is 4.23. The minimum absolute atomic E-state index is 0.487. The van der Waals surface area contributed by atoms with Crippen LogP contribution in [0.1, 0.15) is 43.2 Å². The smallest absolute Gasteiger partial charge is 0.142 e. The Kier molecular flexibility index (Phi) is 4.06. The third-order valence-corrected chi connectivity index (χ3v) is 4.63. The highest BCUT2D eigenvalue weighted by atomic mass is 35.5. The molecule has 5 heteroatoms. The van der Waals surface area contributed by atoms with E-state index in [4.69, 9.17) is 16.6 Å². The zero-order valence-electron chi connectivity index (χ0n) is 11.7. The van der Waals surface area contributed by atoms with Crippen LogP contribution >= 0.6 is 22.9 Å². The van der Waals surface area contributed by atoms with Gasteiger partial charge in [-0.3, -0.25) is 4.98 Å². The standard InChI is InChI=1S/C15H18ClN3S/c1-9(2)17-8-13-14(10-3-4-10)19-15(20-13)12-6-5-11(16)7-18-12/h5-7,9-10,17H,3-4,8H2,1-2H3. The van der Waals surface area contributed by atoms with Crippen LogP contribution in [-0.4, -0.2) is 16.0 Å². The fraction of sp³-hybridized carbons (Fsp3) is 0.467. The zero-order chi connectivity index (χ0) is 14.1. The second-order valence-corrected chi connectivity index (χ2v) is 7.02. The van der Waals surface area contributed by atoms with Crippen LogP contribution in [0.3, 0.4) is 0 Å². The second kappa shape index (κ2) is 5.80. The van der Waals surface area contributed by atoms with Gasteiger partial charge in [0.25, 0.3) is 0 Å². The van der Waals surface area contributed by atoms with Crippen LogP contribution in [0.2, 0.25) is 5.02 Å². The van der Waals surface area contributed by atoms with Crippen LogP contribution in [0.15, 0.2) is 18.3 Å². The quantitative estimate of drug-likeness (QED) is 0.898. The lowest BCUT2D eigenvalue weighted by Crippen LogP contribution is -2.21. The van der Waals surface area contributed by atoms with Gasteiger partial charge in [-0.1, -0.05) is 25.4 Å². The topological polar surface area (TPSA) is 37.8 Å². The molecule has 2 aromatic rings. The van der Waals surface area contributed by atoms with E-state index in [2.05, 4.69) is 24.1 Å². The molecule has 1 N–H and O–H groups in total. The van der Waals surface area contributed by atoms with Crippen molar-refractivity contribution in [1.29, 1.82) is 0 Å². The molecule has 1 aliphatic rings. The van der Waals surface area contributed by atoms with Crippen LogP contribution < -0.4 is 5.32 Å². The van der Waals surface area contributed by atoms with Gasteiger partial charge in [0.1, 0.15) is 5.01 Å². The molecule has 106 valence electrons. The first-order valence-electron chi connectivity index (χ1n) is 6.98. The molecule has 2 heterocycles. The van der Waals surface area contributed by atoms with Crippen molar-refractivity contribution in [2.75, 3.05) is 0 Å². The van der Waals surface area contributed by atoms with Crippen molar-refractivity contribution in [1.82, 2.24) is 15.3 Å². The molecule has 0 aromatic carbocycles. The molecule has 1 aliphatic carbocycles. The van der Waals surface area contributed by atoms with Gasteiger partial charge < -0.3 is 5.32 Å². The Bertz CT molecular complexity index is 588. The summed E-state index contributed by atoms with van der Waals surface area (Å²) in [4.78, 5) is 10.6. The van der Waals surface area contributed by atoms with E-state index < -0.39 is 0 Å². The average Bonchev–Trinajstić information content (AvgIpc) is 3.18. The first-order chi connectivity index (χ1) is 9.63. The van der Waals surface area contributed by atoms with E-state index in [1.807, 2.05) is 12.1 Å². The van der Waals surface area contributed by atoms with E-state index in [-0.39, 0.29) is 0 Å². The molecule has 0 aliphatic heterocycles. The number of halogens is 1. The maximum Gasteiger partial charge on any atom is 0.142 e. The van der Waals surface area contributed by atoms with Gasteiger partial charge in [0, 0.05) is 29.6 Å². The summed E-state index contributed by atoms with van der Waals surface area (Å²) in [7, 11) is 0. The van der Waals surface area contributed by atoms with Crippen LogP contribution in [0.5, 0.6) is 0 Å². The van der Waals surface area contributed by atoms with Crippen molar-refractivity contribution in [2.45, 2.75) is 45.2 Å². The fourth-order valence-corrected chi connectivity index (χ4v) is 3.26. The van der Waals surface area contributed by atoms with Gasteiger partial charge >= 0.3 is 0 Å². The van der Waals surface area contributed by atoms with Gasteiger partial charge in [-0.05, 0) is 25.0 Å². The van der Waals surface area contributed by atoms with Gasteiger partial charge in [-0.25, -0.2) is 4.98 Å². The molecule has 0 amide bonds. The Hall–Kier alpha value is -0.970. The Morgan fingerprint density at radius 3 is 2.80 bits per heavy atom. The van der Waals surface area contributed by atoms with E-state index in [0.29, 0.717) is 17.0 Å². The van der Waals surface area contributed by atoms with Crippen molar-refractivity contribution >= 4 is 22.9 Å². The zero-order valence-corrected chi connectivity index (χ0v) is 13.3. The number of hydrogen-bond donors (Lipinski definition) is 1. The third-order valence-electron chi connectivity index (χ3n) is 3.31. The van der Waals surface area contributed by atoms with Crippen molar-refractivity contribution < 1.29 is 0 Å². The van der Waals surface area contributed by atoms with E-state index in [1.165, 1.54) is 23.4 Å². The number of hydrogen-bond acceptors (Lipinski definition) is 4. The number of aromatic nitrogens is 2. The second-order valence-electron chi connectivity index (χ2n) is 5.50. The summed E-state index contributed by atoms with van der Waals surface area (Å²) in [5.41, 5.74) is 2.19. The van der Waals surface area contributed by atoms with Gasteiger partial charge in [0.2, 0.25) is 0 Å². The Morgan fingerprint density at radius 2 is 2.20 bits per heavy atom. The molecule has 3 nitrogen and oxygen atoms in total. The molecule has 0 radical (unpaired) electrons. The summed E-state index contributed by atoms with van der Waals surface area (Å²) >= 11 is 7.64. The SMILES string of the molecule is CC(C)NCc1sc(-c2ccc(Cl)cn2)nc1C1CC1. The number of pyridine rings is 1. The minimum Gasteiger partial charge on any atom is -0.310 e. The fourth-order valence-electron chi connectivity index (χ4n) is 2.07. The van der Waals surface area contributed by atoms with Gasteiger partial charge in [-0.2, -0.15) is 0 Å². The molecule has 2 aromatic heterocycles. The highest BCUT2D eigenvalue weighted by Gasteiger charge is 2.29. The number of thiazole rings is 1. The predicted molar refractivity (Wildman–Crippen MR) is 84.3 cm³/mol. The molecule has 0 spiro atoms. The molecule has 0 bridgehead atoms. The lowest BCUT2D eigenvalue weighted by atomic mass is 10.2. The van der Waals surface area contributed by atoms with Crippen molar-refractivity contribution in [3.8, 4) is 10.7 Å². The average molecular weight is 308 g/mol. The number of nitrogens with one attached hydrogen (secondary N) is 1.